The Labute approximate surface area is 116 Å². The molecule has 1 aromatic carbocycles. The van der Waals surface area contributed by atoms with Crippen LogP contribution in [0.5, 0.6) is 0 Å². The standard InChI is InChI=1S/C13H17BrClNO/c1-4-12(14)13(17)16(3)9(2)10-5-7-11(15)8-6-10/h5-9,12H,4H2,1-3H3. The summed E-state index contributed by atoms with van der Waals surface area (Å²) in [7, 11) is 1.82. The molecule has 0 heterocycles. The summed E-state index contributed by atoms with van der Waals surface area (Å²) in [5, 5.41) is 0.710. The lowest BCUT2D eigenvalue weighted by molar-refractivity contribution is -0.131. The molecule has 2 nitrogen and oxygen atoms in total. The van der Waals surface area contributed by atoms with Gasteiger partial charge in [-0.3, -0.25) is 4.79 Å². The number of halogens is 2. The zero-order chi connectivity index (χ0) is 13.0. The molecule has 0 radical (unpaired) electrons. The molecule has 0 aromatic heterocycles. The molecule has 0 aliphatic rings. The highest BCUT2D eigenvalue weighted by molar-refractivity contribution is 9.10. The fourth-order valence-corrected chi connectivity index (χ4v) is 2.00. The predicted octanol–water partition coefficient (Wildman–Crippen LogP) is 4.03. The molecule has 1 aromatic rings. The number of hydrogen-bond donors (Lipinski definition) is 0. The second kappa shape index (κ2) is 6.41. The van der Waals surface area contributed by atoms with Gasteiger partial charge >= 0.3 is 0 Å². The fraction of sp³-hybridized carbons (Fsp3) is 0.462. The molecular formula is C13H17BrClNO. The van der Waals surface area contributed by atoms with Crippen molar-refractivity contribution in [2.75, 3.05) is 7.05 Å². The molecule has 0 saturated carbocycles. The van der Waals surface area contributed by atoms with Gasteiger partial charge < -0.3 is 4.90 Å². The van der Waals surface area contributed by atoms with Crippen LogP contribution in [0.3, 0.4) is 0 Å². The number of nitrogens with zero attached hydrogens (tertiary/aromatic N) is 1. The molecule has 0 fully saturated rings. The minimum atomic E-state index is -0.109. The van der Waals surface area contributed by atoms with Crippen LogP contribution in [0.1, 0.15) is 31.9 Å². The number of amides is 1. The minimum Gasteiger partial charge on any atom is -0.338 e. The molecule has 0 aliphatic carbocycles. The van der Waals surface area contributed by atoms with Crippen molar-refractivity contribution in [2.24, 2.45) is 0 Å². The molecule has 0 aliphatic heterocycles. The molecule has 1 rings (SSSR count). The Balaban J connectivity index is 2.79. The van der Waals surface area contributed by atoms with Crippen molar-refractivity contribution in [3.8, 4) is 0 Å². The summed E-state index contributed by atoms with van der Waals surface area (Å²) < 4.78 is 0. The lowest BCUT2D eigenvalue weighted by Crippen LogP contribution is -2.35. The fourth-order valence-electron chi connectivity index (χ4n) is 1.55. The zero-order valence-electron chi connectivity index (χ0n) is 10.3. The molecule has 2 unspecified atom stereocenters. The molecule has 94 valence electrons. The lowest BCUT2D eigenvalue weighted by Gasteiger charge is -2.27. The van der Waals surface area contributed by atoms with E-state index in [1.54, 1.807) is 4.90 Å². The first kappa shape index (κ1) is 14.5. The molecule has 0 saturated heterocycles. The summed E-state index contributed by atoms with van der Waals surface area (Å²) in [6.45, 7) is 3.99. The van der Waals surface area contributed by atoms with Crippen molar-refractivity contribution in [3.63, 3.8) is 0 Å². The smallest absolute Gasteiger partial charge is 0.236 e. The Bertz CT molecular complexity index is 380. The Kier molecular flexibility index (Phi) is 5.47. The molecule has 1 amide bonds. The van der Waals surface area contributed by atoms with Gasteiger partial charge in [0.2, 0.25) is 5.91 Å². The number of rotatable bonds is 4. The van der Waals surface area contributed by atoms with Crippen LogP contribution in [0.2, 0.25) is 5.02 Å². The molecule has 0 N–H and O–H groups in total. The van der Waals surface area contributed by atoms with Gasteiger partial charge in [-0.2, -0.15) is 0 Å². The van der Waals surface area contributed by atoms with E-state index in [9.17, 15) is 4.79 Å². The van der Waals surface area contributed by atoms with Crippen molar-refractivity contribution in [3.05, 3.63) is 34.9 Å². The lowest BCUT2D eigenvalue weighted by atomic mass is 10.1. The van der Waals surface area contributed by atoms with Crippen LogP contribution < -0.4 is 0 Å². The van der Waals surface area contributed by atoms with Crippen molar-refractivity contribution in [1.82, 2.24) is 4.90 Å². The highest BCUT2D eigenvalue weighted by Gasteiger charge is 2.22. The molecule has 0 bridgehead atoms. The summed E-state index contributed by atoms with van der Waals surface area (Å²) in [5.74, 6) is 0.106. The van der Waals surface area contributed by atoms with Gasteiger partial charge in [-0.25, -0.2) is 0 Å². The summed E-state index contributed by atoms with van der Waals surface area (Å²) in [5.41, 5.74) is 1.08. The monoisotopic (exact) mass is 317 g/mol. The predicted molar refractivity (Wildman–Crippen MR) is 75.6 cm³/mol. The van der Waals surface area contributed by atoms with Crippen LogP contribution in [0.25, 0.3) is 0 Å². The van der Waals surface area contributed by atoms with Crippen LogP contribution in [0.4, 0.5) is 0 Å². The Hall–Kier alpha value is -0.540. The van der Waals surface area contributed by atoms with Gasteiger partial charge in [0.15, 0.2) is 0 Å². The van der Waals surface area contributed by atoms with E-state index in [4.69, 9.17) is 11.6 Å². The highest BCUT2D eigenvalue weighted by atomic mass is 79.9. The van der Waals surface area contributed by atoms with Crippen molar-refractivity contribution < 1.29 is 4.79 Å². The Morgan fingerprint density at radius 3 is 2.41 bits per heavy atom. The Morgan fingerprint density at radius 2 is 1.94 bits per heavy atom. The second-order valence-electron chi connectivity index (χ2n) is 4.05. The van der Waals surface area contributed by atoms with Gasteiger partial charge in [0.1, 0.15) is 0 Å². The number of carbonyl (C=O) groups excluding carboxylic acids is 1. The normalized spacial score (nSPS) is 14.2. The van der Waals surface area contributed by atoms with Crippen LogP contribution in [-0.4, -0.2) is 22.7 Å². The van der Waals surface area contributed by atoms with Gasteiger partial charge in [0, 0.05) is 12.1 Å². The third kappa shape index (κ3) is 3.71. The van der Waals surface area contributed by atoms with Gasteiger partial charge in [-0.05, 0) is 31.0 Å². The first-order valence-corrected chi connectivity index (χ1v) is 6.93. The summed E-state index contributed by atoms with van der Waals surface area (Å²) in [6.07, 6.45) is 0.788. The second-order valence-corrected chi connectivity index (χ2v) is 5.59. The molecule has 17 heavy (non-hydrogen) atoms. The van der Waals surface area contributed by atoms with Crippen LogP contribution in [0, 0.1) is 0 Å². The third-order valence-corrected chi connectivity index (χ3v) is 4.20. The number of hydrogen-bond acceptors (Lipinski definition) is 1. The number of alkyl halides is 1. The summed E-state index contributed by atoms with van der Waals surface area (Å²) in [4.78, 5) is 13.7. The minimum absolute atomic E-state index is 0.0476. The van der Waals surface area contributed by atoms with Crippen LogP contribution in [-0.2, 0) is 4.79 Å². The average molecular weight is 319 g/mol. The van der Waals surface area contributed by atoms with E-state index < -0.39 is 0 Å². The van der Waals surface area contributed by atoms with E-state index in [0.717, 1.165) is 12.0 Å². The average Bonchev–Trinajstić information content (AvgIpc) is 2.36. The molecule has 4 heteroatoms. The van der Waals surface area contributed by atoms with Gasteiger partial charge in [0.05, 0.1) is 10.9 Å². The van der Waals surface area contributed by atoms with Crippen LogP contribution in [0.15, 0.2) is 24.3 Å². The van der Waals surface area contributed by atoms with Crippen LogP contribution >= 0.6 is 27.5 Å². The maximum atomic E-state index is 12.0. The van der Waals surface area contributed by atoms with E-state index in [1.807, 2.05) is 45.2 Å². The third-order valence-electron chi connectivity index (χ3n) is 2.91. The first-order valence-electron chi connectivity index (χ1n) is 5.63. The topological polar surface area (TPSA) is 20.3 Å². The number of carbonyl (C=O) groups is 1. The first-order chi connectivity index (χ1) is 7.97. The highest BCUT2D eigenvalue weighted by Crippen LogP contribution is 2.22. The van der Waals surface area contributed by atoms with E-state index >= 15 is 0 Å². The number of benzene rings is 1. The van der Waals surface area contributed by atoms with E-state index in [2.05, 4.69) is 15.9 Å². The quantitative estimate of drug-likeness (QED) is 0.767. The van der Waals surface area contributed by atoms with Crippen molar-refractivity contribution in [2.45, 2.75) is 31.1 Å². The van der Waals surface area contributed by atoms with Gasteiger partial charge in [0.25, 0.3) is 0 Å². The molecule has 2 atom stereocenters. The SMILES string of the molecule is CCC(Br)C(=O)N(C)C(C)c1ccc(Cl)cc1. The van der Waals surface area contributed by atoms with Crippen molar-refractivity contribution >= 4 is 33.4 Å². The van der Waals surface area contributed by atoms with E-state index in [-0.39, 0.29) is 16.8 Å². The summed E-state index contributed by atoms with van der Waals surface area (Å²) in [6, 6.07) is 7.64. The van der Waals surface area contributed by atoms with Gasteiger partial charge in [-0.15, -0.1) is 0 Å². The maximum absolute atomic E-state index is 12.0. The summed E-state index contributed by atoms with van der Waals surface area (Å²) >= 11 is 9.23. The molecular weight excluding hydrogens is 302 g/mol. The van der Waals surface area contributed by atoms with Gasteiger partial charge in [-0.1, -0.05) is 46.6 Å². The zero-order valence-corrected chi connectivity index (χ0v) is 12.6. The molecule has 0 spiro atoms. The van der Waals surface area contributed by atoms with E-state index in [0.29, 0.717) is 5.02 Å². The largest absolute Gasteiger partial charge is 0.338 e. The van der Waals surface area contributed by atoms with Crippen molar-refractivity contribution in [1.29, 1.82) is 0 Å². The Morgan fingerprint density at radius 1 is 1.41 bits per heavy atom. The maximum Gasteiger partial charge on any atom is 0.236 e. The van der Waals surface area contributed by atoms with E-state index in [1.165, 1.54) is 0 Å².